The minimum Gasteiger partial charge on any atom is -0.367 e. The maximum Gasteiger partial charge on any atom is 0.418 e. The highest BCUT2D eigenvalue weighted by Crippen LogP contribution is 2.37. The number of aryl methyl sites for hydroxylation is 1. The van der Waals surface area contributed by atoms with Gasteiger partial charge in [-0.15, -0.1) is 0 Å². The van der Waals surface area contributed by atoms with Crippen LogP contribution in [0, 0.1) is 12.8 Å². The fourth-order valence-corrected chi connectivity index (χ4v) is 2.69. The molecule has 2 rings (SSSR count). The maximum absolute atomic E-state index is 13.2. The number of piperazine rings is 1. The van der Waals surface area contributed by atoms with E-state index in [1.807, 2.05) is 13.8 Å². The third-order valence-electron chi connectivity index (χ3n) is 3.88. The van der Waals surface area contributed by atoms with Crippen LogP contribution in [0.25, 0.3) is 0 Å². The summed E-state index contributed by atoms with van der Waals surface area (Å²) in [5, 5.41) is 0. The van der Waals surface area contributed by atoms with Crippen molar-refractivity contribution >= 4 is 11.6 Å². The number of benzene rings is 1. The fraction of sp³-hybridized carbons (Fsp3) is 0.562. The maximum atomic E-state index is 13.2. The van der Waals surface area contributed by atoms with Crippen LogP contribution in [0.1, 0.15) is 25.0 Å². The Bertz CT molecular complexity index is 547. The van der Waals surface area contributed by atoms with Crippen LogP contribution in [-0.4, -0.2) is 37.0 Å². The minimum absolute atomic E-state index is 0.0552. The molecule has 0 spiro atoms. The molecule has 0 bridgehead atoms. The third-order valence-corrected chi connectivity index (χ3v) is 3.88. The second kappa shape index (κ2) is 6.18. The smallest absolute Gasteiger partial charge is 0.367 e. The van der Waals surface area contributed by atoms with Crippen molar-refractivity contribution in [2.24, 2.45) is 5.92 Å². The first-order valence-electron chi connectivity index (χ1n) is 7.41. The lowest BCUT2D eigenvalue weighted by Crippen LogP contribution is -2.50. The molecule has 3 nitrogen and oxygen atoms in total. The molecular weight excluding hydrogens is 293 g/mol. The third kappa shape index (κ3) is 3.54. The second-order valence-corrected chi connectivity index (χ2v) is 5.99. The normalized spacial score (nSPS) is 16.3. The van der Waals surface area contributed by atoms with E-state index >= 15 is 0 Å². The van der Waals surface area contributed by atoms with E-state index in [0.717, 1.165) is 0 Å². The largest absolute Gasteiger partial charge is 0.418 e. The number of hydrogen-bond acceptors (Lipinski definition) is 2. The molecule has 0 saturated carbocycles. The lowest BCUT2D eigenvalue weighted by atomic mass is 10.1. The summed E-state index contributed by atoms with van der Waals surface area (Å²) >= 11 is 0. The van der Waals surface area contributed by atoms with E-state index in [-0.39, 0.29) is 17.5 Å². The van der Waals surface area contributed by atoms with E-state index in [4.69, 9.17) is 0 Å². The molecule has 1 aliphatic rings. The van der Waals surface area contributed by atoms with Gasteiger partial charge in [0.05, 0.1) is 5.56 Å². The van der Waals surface area contributed by atoms with E-state index < -0.39 is 11.7 Å². The van der Waals surface area contributed by atoms with Gasteiger partial charge in [-0.3, -0.25) is 4.79 Å². The van der Waals surface area contributed by atoms with Crippen molar-refractivity contribution in [1.82, 2.24) is 4.90 Å². The van der Waals surface area contributed by atoms with Crippen molar-refractivity contribution < 1.29 is 18.0 Å². The Hall–Kier alpha value is -1.72. The van der Waals surface area contributed by atoms with Crippen LogP contribution in [0.15, 0.2) is 18.2 Å². The molecule has 1 amide bonds. The van der Waals surface area contributed by atoms with Crippen LogP contribution >= 0.6 is 0 Å². The van der Waals surface area contributed by atoms with E-state index in [2.05, 4.69) is 0 Å². The number of halogens is 3. The van der Waals surface area contributed by atoms with Crippen molar-refractivity contribution in [2.75, 3.05) is 31.1 Å². The van der Waals surface area contributed by atoms with Gasteiger partial charge in [0.25, 0.3) is 0 Å². The molecule has 0 unspecified atom stereocenters. The van der Waals surface area contributed by atoms with Crippen LogP contribution in [0.5, 0.6) is 0 Å². The second-order valence-electron chi connectivity index (χ2n) is 5.99. The SMILES string of the molecule is Cc1ccc(N2CCN(C(=O)C(C)C)CC2)c(C(F)(F)F)c1. The van der Waals surface area contributed by atoms with Crippen molar-refractivity contribution in [2.45, 2.75) is 26.9 Å². The minimum atomic E-state index is -4.37. The molecule has 6 heteroatoms. The van der Waals surface area contributed by atoms with Crippen molar-refractivity contribution in [3.63, 3.8) is 0 Å². The Kier molecular flexibility index (Phi) is 4.68. The zero-order chi connectivity index (χ0) is 16.5. The molecule has 122 valence electrons. The molecule has 0 aromatic heterocycles. The molecule has 0 N–H and O–H groups in total. The molecule has 1 aromatic rings. The number of amides is 1. The Morgan fingerprint density at radius 1 is 1.14 bits per heavy atom. The highest BCUT2D eigenvalue weighted by Gasteiger charge is 2.35. The predicted molar refractivity (Wildman–Crippen MR) is 79.8 cm³/mol. The van der Waals surface area contributed by atoms with Gasteiger partial charge >= 0.3 is 6.18 Å². The average molecular weight is 314 g/mol. The summed E-state index contributed by atoms with van der Waals surface area (Å²) < 4.78 is 39.6. The summed E-state index contributed by atoms with van der Waals surface area (Å²) in [6.07, 6.45) is -4.37. The van der Waals surface area contributed by atoms with Crippen LogP contribution in [-0.2, 0) is 11.0 Å². The summed E-state index contributed by atoms with van der Waals surface area (Å²) in [5.74, 6) is -0.0312. The highest BCUT2D eigenvalue weighted by molar-refractivity contribution is 5.78. The lowest BCUT2D eigenvalue weighted by Gasteiger charge is -2.38. The molecule has 1 aromatic carbocycles. The average Bonchev–Trinajstić information content (AvgIpc) is 2.45. The highest BCUT2D eigenvalue weighted by atomic mass is 19.4. The van der Waals surface area contributed by atoms with Gasteiger partial charge in [0.15, 0.2) is 0 Å². The number of carbonyl (C=O) groups excluding carboxylic acids is 1. The van der Waals surface area contributed by atoms with E-state index in [9.17, 15) is 18.0 Å². The monoisotopic (exact) mass is 314 g/mol. The molecular formula is C16H21F3N2O. The zero-order valence-electron chi connectivity index (χ0n) is 13.1. The molecule has 0 radical (unpaired) electrons. The standard InChI is InChI=1S/C16H21F3N2O/c1-11(2)15(22)21-8-6-20(7-9-21)14-5-4-12(3)10-13(14)16(17,18)19/h4-5,10-11H,6-9H2,1-3H3. The van der Waals surface area contributed by atoms with Crippen LogP contribution in [0.3, 0.4) is 0 Å². The summed E-state index contributed by atoms with van der Waals surface area (Å²) in [6, 6.07) is 4.40. The molecule has 1 aliphatic heterocycles. The Labute approximate surface area is 128 Å². The molecule has 22 heavy (non-hydrogen) atoms. The predicted octanol–water partition coefficient (Wildman–Crippen LogP) is 3.32. The van der Waals surface area contributed by atoms with Crippen molar-refractivity contribution in [3.05, 3.63) is 29.3 Å². The van der Waals surface area contributed by atoms with Crippen LogP contribution in [0.4, 0.5) is 18.9 Å². The molecule has 0 aliphatic carbocycles. The number of nitrogens with zero attached hydrogens (tertiary/aromatic N) is 2. The number of carbonyl (C=O) groups is 1. The summed E-state index contributed by atoms with van der Waals surface area (Å²) in [7, 11) is 0. The Balaban J connectivity index is 2.17. The van der Waals surface area contributed by atoms with Gasteiger partial charge in [-0.1, -0.05) is 25.5 Å². The zero-order valence-corrected chi connectivity index (χ0v) is 13.1. The Morgan fingerprint density at radius 2 is 1.73 bits per heavy atom. The first-order valence-corrected chi connectivity index (χ1v) is 7.41. The van der Waals surface area contributed by atoms with E-state index in [1.165, 1.54) is 12.1 Å². The van der Waals surface area contributed by atoms with E-state index in [1.54, 1.807) is 22.8 Å². The topological polar surface area (TPSA) is 23.6 Å². The molecule has 1 saturated heterocycles. The van der Waals surface area contributed by atoms with Gasteiger partial charge in [0, 0.05) is 37.8 Å². The number of hydrogen-bond donors (Lipinski definition) is 0. The van der Waals surface area contributed by atoms with Gasteiger partial charge in [0.2, 0.25) is 5.91 Å². The van der Waals surface area contributed by atoms with Gasteiger partial charge in [-0.2, -0.15) is 13.2 Å². The van der Waals surface area contributed by atoms with Crippen LogP contribution < -0.4 is 4.90 Å². The summed E-state index contributed by atoms with van der Waals surface area (Å²) in [5.41, 5.74) is 0.190. The number of alkyl halides is 3. The van der Waals surface area contributed by atoms with Gasteiger partial charge in [-0.05, 0) is 19.1 Å². The first-order chi connectivity index (χ1) is 10.2. The fourth-order valence-electron chi connectivity index (χ4n) is 2.69. The number of rotatable bonds is 2. The quantitative estimate of drug-likeness (QED) is 0.836. The van der Waals surface area contributed by atoms with Crippen LogP contribution in [0.2, 0.25) is 0 Å². The van der Waals surface area contributed by atoms with Gasteiger partial charge < -0.3 is 9.80 Å². The molecule has 1 heterocycles. The lowest BCUT2D eigenvalue weighted by molar-refractivity contribution is -0.138. The molecule has 1 fully saturated rings. The number of anilines is 1. The van der Waals surface area contributed by atoms with Gasteiger partial charge in [-0.25, -0.2) is 0 Å². The summed E-state index contributed by atoms with van der Waals surface area (Å²) in [4.78, 5) is 15.4. The van der Waals surface area contributed by atoms with E-state index in [0.29, 0.717) is 31.7 Å². The van der Waals surface area contributed by atoms with Crippen molar-refractivity contribution in [1.29, 1.82) is 0 Å². The van der Waals surface area contributed by atoms with Crippen molar-refractivity contribution in [3.8, 4) is 0 Å². The Morgan fingerprint density at radius 3 is 2.23 bits per heavy atom. The first kappa shape index (κ1) is 16.6. The van der Waals surface area contributed by atoms with Gasteiger partial charge in [0.1, 0.15) is 0 Å². The molecule has 0 atom stereocenters. The summed E-state index contributed by atoms with van der Waals surface area (Å²) in [6.45, 7) is 7.07.